The number of nitrogens with zero attached hydrogens (tertiary/aromatic N) is 2. The standard InChI is InChI=1S/C29H26N2O2/c1-33-26-19-17-25(18-20-26)31-28(24-15-9-4-10-16-24)27(23-13-7-3-8-14-23)30(29(31)32)21-22-11-5-2-6-12-22/h2-20,27-28H,21H2,1H3/t27-,28-/m1/s1. The number of hydrogen-bond donors (Lipinski definition) is 0. The van der Waals surface area contributed by atoms with Gasteiger partial charge in [-0.15, -0.1) is 0 Å². The topological polar surface area (TPSA) is 32.8 Å². The van der Waals surface area contributed by atoms with Crippen molar-refractivity contribution in [1.82, 2.24) is 4.90 Å². The third-order valence-corrected chi connectivity index (χ3v) is 6.19. The Hall–Kier alpha value is -4.05. The predicted molar refractivity (Wildman–Crippen MR) is 131 cm³/mol. The maximum atomic E-state index is 14.1. The Morgan fingerprint density at radius 2 is 1.18 bits per heavy atom. The van der Waals surface area contributed by atoms with Crippen molar-refractivity contribution in [2.24, 2.45) is 0 Å². The van der Waals surface area contributed by atoms with Crippen LogP contribution in [0.4, 0.5) is 10.5 Å². The highest BCUT2D eigenvalue weighted by Crippen LogP contribution is 2.47. The molecule has 4 aromatic carbocycles. The molecule has 0 bridgehead atoms. The minimum absolute atomic E-state index is 0.00766. The van der Waals surface area contributed by atoms with E-state index in [-0.39, 0.29) is 18.1 Å². The molecule has 2 amide bonds. The van der Waals surface area contributed by atoms with Gasteiger partial charge in [0.1, 0.15) is 5.75 Å². The summed E-state index contributed by atoms with van der Waals surface area (Å²) in [5, 5.41) is 0. The van der Waals surface area contributed by atoms with Crippen LogP contribution in [0.15, 0.2) is 115 Å². The number of anilines is 1. The maximum absolute atomic E-state index is 14.1. The van der Waals surface area contributed by atoms with Crippen LogP contribution in [0.25, 0.3) is 0 Å². The van der Waals surface area contributed by atoms with Crippen molar-refractivity contribution in [2.45, 2.75) is 18.6 Å². The highest BCUT2D eigenvalue weighted by atomic mass is 16.5. The minimum atomic E-state index is -0.168. The van der Waals surface area contributed by atoms with Gasteiger partial charge in [-0.05, 0) is 41.0 Å². The van der Waals surface area contributed by atoms with E-state index in [9.17, 15) is 4.79 Å². The summed E-state index contributed by atoms with van der Waals surface area (Å²) in [6, 6.07) is 38.2. The first-order valence-electron chi connectivity index (χ1n) is 11.1. The molecule has 164 valence electrons. The van der Waals surface area contributed by atoms with E-state index in [1.165, 1.54) is 0 Å². The molecule has 4 aromatic rings. The molecule has 1 heterocycles. The molecular weight excluding hydrogens is 408 g/mol. The molecule has 0 unspecified atom stereocenters. The van der Waals surface area contributed by atoms with Crippen molar-refractivity contribution >= 4 is 11.7 Å². The fourth-order valence-electron chi connectivity index (χ4n) is 4.64. The smallest absolute Gasteiger partial charge is 0.326 e. The lowest BCUT2D eigenvalue weighted by atomic mass is 9.92. The zero-order chi connectivity index (χ0) is 22.6. The number of rotatable bonds is 6. The van der Waals surface area contributed by atoms with Gasteiger partial charge in [-0.25, -0.2) is 4.79 Å². The minimum Gasteiger partial charge on any atom is -0.497 e. The maximum Gasteiger partial charge on any atom is 0.326 e. The molecule has 1 fully saturated rings. The monoisotopic (exact) mass is 434 g/mol. The summed E-state index contributed by atoms with van der Waals surface area (Å²) in [6.07, 6.45) is 0. The van der Waals surface area contributed by atoms with Gasteiger partial charge in [0.05, 0.1) is 19.2 Å². The second-order valence-electron chi connectivity index (χ2n) is 8.18. The predicted octanol–water partition coefficient (Wildman–Crippen LogP) is 6.62. The van der Waals surface area contributed by atoms with Crippen molar-refractivity contribution in [3.63, 3.8) is 0 Å². The molecule has 0 spiro atoms. The molecule has 33 heavy (non-hydrogen) atoms. The lowest BCUT2D eigenvalue weighted by Crippen LogP contribution is -2.32. The van der Waals surface area contributed by atoms with Crippen molar-refractivity contribution in [1.29, 1.82) is 0 Å². The summed E-state index contributed by atoms with van der Waals surface area (Å²) < 4.78 is 5.35. The highest BCUT2D eigenvalue weighted by molar-refractivity contribution is 5.96. The van der Waals surface area contributed by atoms with E-state index in [2.05, 4.69) is 36.4 Å². The van der Waals surface area contributed by atoms with Gasteiger partial charge in [-0.1, -0.05) is 91.0 Å². The van der Waals surface area contributed by atoms with Crippen LogP contribution < -0.4 is 9.64 Å². The molecule has 4 nitrogen and oxygen atoms in total. The molecule has 0 aromatic heterocycles. The molecule has 0 aliphatic carbocycles. The first kappa shape index (κ1) is 20.8. The van der Waals surface area contributed by atoms with Gasteiger partial charge in [0.15, 0.2) is 0 Å². The van der Waals surface area contributed by atoms with Crippen LogP contribution in [0.3, 0.4) is 0 Å². The van der Waals surface area contributed by atoms with Gasteiger partial charge in [-0.3, -0.25) is 4.90 Å². The number of carbonyl (C=O) groups is 1. The molecule has 0 saturated carbocycles. The zero-order valence-corrected chi connectivity index (χ0v) is 18.5. The average molecular weight is 435 g/mol. The number of ether oxygens (including phenoxy) is 1. The first-order valence-corrected chi connectivity index (χ1v) is 11.1. The summed E-state index contributed by atoms with van der Waals surface area (Å²) in [6.45, 7) is 0.537. The van der Waals surface area contributed by atoms with Gasteiger partial charge in [0, 0.05) is 12.2 Å². The van der Waals surface area contributed by atoms with Gasteiger partial charge in [-0.2, -0.15) is 0 Å². The second kappa shape index (κ2) is 9.21. The van der Waals surface area contributed by atoms with Crippen molar-refractivity contribution in [3.05, 3.63) is 132 Å². The van der Waals surface area contributed by atoms with Gasteiger partial charge >= 0.3 is 6.03 Å². The molecule has 0 N–H and O–H groups in total. The Morgan fingerprint density at radius 1 is 0.667 bits per heavy atom. The lowest BCUT2D eigenvalue weighted by Gasteiger charge is -2.29. The molecule has 4 heteroatoms. The Morgan fingerprint density at radius 3 is 1.73 bits per heavy atom. The van der Waals surface area contributed by atoms with Crippen LogP contribution >= 0.6 is 0 Å². The fourth-order valence-corrected chi connectivity index (χ4v) is 4.64. The second-order valence-corrected chi connectivity index (χ2v) is 8.18. The van der Waals surface area contributed by atoms with E-state index < -0.39 is 0 Å². The van der Waals surface area contributed by atoms with Gasteiger partial charge in [0.25, 0.3) is 0 Å². The fraction of sp³-hybridized carbons (Fsp3) is 0.138. The number of hydrogen-bond acceptors (Lipinski definition) is 2. The molecule has 0 radical (unpaired) electrons. The number of carbonyl (C=O) groups excluding carboxylic acids is 1. The summed E-state index contributed by atoms with van der Waals surface area (Å²) in [4.78, 5) is 18.0. The largest absolute Gasteiger partial charge is 0.497 e. The Bertz CT molecular complexity index is 1190. The van der Waals surface area contributed by atoms with Crippen LogP contribution in [0.2, 0.25) is 0 Å². The van der Waals surface area contributed by atoms with Gasteiger partial charge < -0.3 is 9.64 Å². The summed E-state index contributed by atoms with van der Waals surface area (Å²) >= 11 is 0. The van der Waals surface area contributed by atoms with E-state index in [1.54, 1.807) is 7.11 Å². The van der Waals surface area contributed by atoms with Crippen molar-refractivity contribution in [3.8, 4) is 5.75 Å². The molecule has 5 rings (SSSR count). The summed E-state index contributed by atoms with van der Waals surface area (Å²) in [5.41, 5.74) is 4.18. The first-order chi connectivity index (χ1) is 16.3. The molecule has 1 aliphatic heterocycles. The van der Waals surface area contributed by atoms with E-state index in [0.717, 1.165) is 28.1 Å². The summed E-state index contributed by atoms with van der Waals surface area (Å²) in [7, 11) is 1.65. The van der Waals surface area contributed by atoms with E-state index in [4.69, 9.17) is 4.74 Å². The molecule has 1 aliphatic rings. The zero-order valence-electron chi connectivity index (χ0n) is 18.5. The van der Waals surface area contributed by atoms with E-state index in [1.807, 2.05) is 88.7 Å². The molecule has 2 atom stereocenters. The highest BCUT2D eigenvalue weighted by Gasteiger charge is 2.47. The normalized spacial score (nSPS) is 17.9. The van der Waals surface area contributed by atoms with Crippen molar-refractivity contribution < 1.29 is 9.53 Å². The number of benzene rings is 4. The number of urea groups is 1. The average Bonchev–Trinajstić information content (AvgIpc) is 3.17. The van der Waals surface area contributed by atoms with Crippen LogP contribution in [-0.4, -0.2) is 18.0 Å². The van der Waals surface area contributed by atoms with E-state index >= 15 is 0 Å². The number of amides is 2. The molecular formula is C29H26N2O2. The lowest BCUT2D eigenvalue weighted by molar-refractivity contribution is 0.200. The van der Waals surface area contributed by atoms with E-state index in [0.29, 0.717) is 6.54 Å². The Balaban J connectivity index is 1.66. The SMILES string of the molecule is COc1ccc(N2C(=O)N(Cc3ccccc3)[C@H](c3ccccc3)[C@H]2c2ccccc2)cc1. The number of methoxy groups -OCH3 is 1. The third-order valence-electron chi connectivity index (χ3n) is 6.19. The quantitative estimate of drug-likeness (QED) is 0.342. The third kappa shape index (κ3) is 4.08. The van der Waals surface area contributed by atoms with Gasteiger partial charge in [0.2, 0.25) is 0 Å². The molecule has 1 saturated heterocycles. The van der Waals surface area contributed by atoms with Crippen LogP contribution in [0.1, 0.15) is 28.8 Å². The van der Waals surface area contributed by atoms with Crippen LogP contribution in [0.5, 0.6) is 5.75 Å². The summed E-state index contributed by atoms with van der Waals surface area (Å²) in [5.74, 6) is 0.766. The van der Waals surface area contributed by atoms with Crippen LogP contribution in [0, 0.1) is 0 Å². The Kier molecular flexibility index (Phi) is 5.81. The van der Waals surface area contributed by atoms with Crippen LogP contribution in [-0.2, 0) is 6.54 Å². The van der Waals surface area contributed by atoms with Crippen molar-refractivity contribution in [2.75, 3.05) is 12.0 Å². The Labute approximate surface area is 194 Å².